The molecule has 0 unspecified atom stereocenters. The molecule has 0 aliphatic heterocycles. The maximum absolute atomic E-state index is 10.8. The average Bonchev–Trinajstić information content (AvgIpc) is 2.86. The Morgan fingerprint density at radius 1 is 1.64 bits per heavy atom. The molecule has 3 N–H and O–H groups in total. The van der Waals surface area contributed by atoms with E-state index in [1.165, 1.54) is 24.6 Å². The SMILES string of the molecule is CC(=O)Nc1ccc([C@@H](N)C2CC2)s1. The fourth-order valence-electron chi connectivity index (χ4n) is 1.46. The van der Waals surface area contributed by atoms with E-state index >= 15 is 0 Å². The van der Waals surface area contributed by atoms with Gasteiger partial charge in [0.25, 0.3) is 0 Å². The van der Waals surface area contributed by atoms with E-state index < -0.39 is 0 Å². The topological polar surface area (TPSA) is 55.1 Å². The van der Waals surface area contributed by atoms with E-state index in [9.17, 15) is 4.79 Å². The molecule has 0 spiro atoms. The Labute approximate surface area is 87.3 Å². The largest absolute Gasteiger partial charge is 0.323 e. The van der Waals surface area contributed by atoms with Crippen molar-refractivity contribution in [1.29, 1.82) is 0 Å². The zero-order valence-electron chi connectivity index (χ0n) is 8.12. The van der Waals surface area contributed by atoms with Gasteiger partial charge in [0.1, 0.15) is 0 Å². The zero-order valence-corrected chi connectivity index (χ0v) is 8.93. The number of carbonyl (C=O) groups excluding carboxylic acids is 1. The number of hydrogen-bond donors (Lipinski definition) is 2. The number of rotatable bonds is 3. The lowest BCUT2D eigenvalue weighted by atomic mass is 10.2. The van der Waals surface area contributed by atoms with E-state index in [4.69, 9.17) is 5.73 Å². The van der Waals surface area contributed by atoms with E-state index in [0.717, 1.165) is 5.00 Å². The minimum atomic E-state index is -0.0293. The van der Waals surface area contributed by atoms with Gasteiger partial charge in [0, 0.05) is 17.8 Å². The van der Waals surface area contributed by atoms with E-state index in [-0.39, 0.29) is 11.9 Å². The lowest BCUT2D eigenvalue weighted by molar-refractivity contribution is -0.114. The normalized spacial score (nSPS) is 17.9. The molecule has 0 radical (unpaired) electrons. The molecule has 4 heteroatoms. The van der Waals surface area contributed by atoms with Gasteiger partial charge < -0.3 is 11.1 Å². The summed E-state index contributed by atoms with van der Waals surface area (Å²) in [7, 11) is 0. The van der Waals surface area contributed by atoms with Gasteiger partial charge in [-0.1, -0.05) is 0 Å². The molecule has 1 heterocycles. The molecule has 1 aromatic heterocycles. The van der Waals surface area contributed by atoms with Crippen molar-refractivity contribution < 1.29 is 4.79 Å². The Balaban J connectivity index is 2.04. The molecule has 0 saturated heterocycles. The highest BCUT2D eigenvalue weighted by Crippen LogP contribution is 2.42. The van der Waals surface area contributed by atoms with Gasteiger partial charge in [-0.25, -0.2) is 0 Å². The molecule has 1 atom stereocenters. The highest BCUT2D eigenvalue weighted by atomic mass is 32.1. The van der Waals surface area contributed by atoms with Crippen molar-refractivity contribution in [2.24, 2.45) is 11.7 Å². The number of anilines is 1. The third-order valence-electron chi connectivity index (χ3n) is 2.38. The van der Waals surface area contributed by atoms with Gasteiger partial charge >= 0.3 is 0 Å². The Morgan fingerprint density at radius 3 is 2.93 bits per heavy atom. The van der Waals surface area contributed by atoms with Crippen molar-refractivity contribution in [2.45, 2.75) is 25.8 Å². The molecule has 1 aromatic rings. The summed E-state index contributed by atoms with van der Waals surface area (Å²) in [5.74, 6) is 0.636. The van der Waals surface area contributed by atoms with Crippen LogP contribution in [0.1, 0.15) is 30.7 Å². The molecule has 76 valence electrons. The summed E-state index contributed by atoms with van der Waals surface area (Å²) in [6, 6.07) is 4.10. The average molecular weight is 210 g/mol. The first-order valence-corrected chi connectivity index (χ1v) is 5.61. The van der Waals surface area contributed by atoms with Crippen LogP contribution in [-0.4, -0.2) is 5.91 Å². The van der Waals surface area contributed by atoms with E-state index in [1.807, 2.05) is 12.1 Å². The van der Waals surface area contributed by atoms with Gasteiger partial charge in [0.15, 0.2) is 0 Å². The minimum Gasteiger partial charge on any atom is -0.323 e. The first-order valence-electron chi connectivity index (χ1n) is 4.79. The van der Waals surface area contributed by atoms with Crippen molar-refractivity contribution in [3.63, 3.8) is 0 Å². The van der Waals surface area contributed by atoms with Crippen LogP contribution in [0.3, 0.4) is 0 Å². The van der Waals surface area contributed by atoms with Crippen molar-refractivity contribution in [2.75, 3.05) is 5.32 Å². The maximum atomic E-state index is 10.8. The smallest absolute Gasteiger partial charge is 0.221 e. The molecule has 2 rings (SSSR count). The van der Waals surface area contributed by atoms with Gasteiger partial charge in [-0.15, -0.1) is 11.3 Å². The van der Waals surface area contributed by atoms with Gasteiger partial charge in [-0.3, -0.25) is 4.79 Å². The van der Waals surface area contributed by atoms with E-state index in [0.29, 0.717) is 5.92 Å². The fourth-order valence-corrected chi connectivity index (χ4v) is 2.51. The summed E-state index contributed by atoms with van der Waals surface area (Å²) < 4.78 is 0. The van der Waals surface area contributed by atoms with E-state index in [2.05, 4.69) is 5.32 Å². The third kappa shape index (κ3) is 2.13. The van der Waals surface area contributed by atoms with Gasteiger partial charge in [0.05, 0.1) is 5.00 Å². The van der Waals surface area contributed by atoms with Crippen LogP contribution in [0.4, 0.5) is 5.00 Å². The summed E-state index contributed by atoms with van der Waals surface area (Å²) in [5, 5.41) is 3.66. The first kappa shape index (κ1) is 9.68. The molecule has 0 aromatic carbocycles. The highest BCUT2D eigenvalue weighted by Gasteiger charge is 2.30. The number of carbonyl (C=O) groups is 1. The van der Waals surface area contributed by atoms with Crippen LogP contribution in [-0.2, 0) is 4.79 Å². The summed E-state index contributed by atoms with van der Waals surface area (Å²) in [4.78, 5) is 12.0. The molecule has 1 fully saturated rings. The molecular weight excluding hydrogens is 196 g/mol. The minimum absolute atomic E-state index is 0.0293. The van der Waals surface area contributed by atoms with Crippen LogP contribution in [0.2, 0.25) is 0 Å². The number of nitrogens with two attached hydrogens (primary N) is 1. The van der Waals surface area contributed by atoms with E-state index in [1.54, 1.807) is 11.3 Å². The summed E-state index contributed by atoms with van der Waals surface area (Å²) in [5.41, 5.74) is 6.04. The second kappa shape index (κ2) is 3.71. The van der Waals surface area contributed by atoms with Crippen LogP contribution in [0.15, 0.2) is 12.1 Å². The maximum Gasteiger partial charge on any atom is 0.221 e. The lowest BCUT2D eigenvalue weighted by Gasteiger charge is -2.05. The van der Waals surface area contributed by atoms with Gasteiger partial charge in [-0.2, -0.15) is 0 Å². The standard InChI is InChI=1S/C10H14N2OS/c1-6(13)12-9-5-4-8(14-9)10(11)7-2-3-7/h4-5,7,10H,2-3,11H2,1H3,(H,12,13)/t10-/m0/s1. The van der Waals surface area contributed by atoms with Crippen molar-refractivity contribution in [1.82, 2.24) is 0 Å². The predicted molar refractivity (Wildman–Crippen MR) is 58.3 cm³/mol. The molecule has 1 aliphatic rings. The Morgan fingerprint density at radius 2 is 2.36 bits per heavy atom. The number of thiophene rings is 1. The van der Waals surface area contributed by atoms with Gasteiger partial charge in [-0.05, 0) is 30.9 Å². The summed E-state index contributed by atoms with van der Waals surface area (Å²) in [6.45, 7) is 1.51. The summed E-state index contributed by atoms with van der Waals surface area (Å²) >= 11 is 1.58. The summed E-state index contributed by atoms with van der Waals surface area (Å²) in [6.07, 6.45) is 2.49. The monoisotopic (exact) mass is 210 g/mol. The fraction of sp³-hybridized carbons (Fsp3) is 0.500. The van der Waals surface area contributed by atoms with Crippen LogP contribution in [0, 0.1) is 5.92 Å². The second-order valence-electron chi connectivity index (χ2n) is 3.75. The van der Waals surface area contributed by atoms with Crippen molar-refractivity contribution in [3.05, 3.63) is 17.0 Å². The Bertz CT molecular complexity index is 344. The van der Waals surface area contributed by atoms with Crippen LogP contribution < -0.4 is 11.1 Å². The first-order chi connectivity index (χ1) is 6.66. The second-order valence-corrected chi connectivity index (χ2v) is 4.86. The van der Waals surface area contributed by atoms with Crippen molar-refractivity contribution in [3.8, 4) is 0 Å². The quantitative estimate of drug-likeness (QED) is 0.802. The zero-order chi connectivity index (χ0) is 10.1. The lowest BCUT2D eigenvalue weighted by Crippen LogP contribution is -2.10. The van der Waals surface area contributed by atoms with Gasteiger partial charge in [0.2, 0.25) is 5.91 Å². The van der Waals surface area contributed by atoms with Crippen LogP contribution in [0.5, 0.6) is 0 Å². The molecule has 14 heavy (non-hydrogen) atoms. The molecule has 3 nitrogen and oxygen atoms in total. The van der Waals surface area contributed by atoms with Crippen LogP contribution >= 0.6 is 11.3 Å². The molecule has 0 bridgehead atoms. The Kier molecular flexibility index (Phi) is 2.56. The third-order valence-corrected chi connectivity index (χ3v) is 3.49. The highest BCUT2D eigenvalue weighted by molar-refractivity contribution is 7.16. The Hall–Kier alpha value is -0.870. The molecule has 1 aliphatic carbocycles. The molecule has 1 saturated carbocycles. The van der Waals surface area contributed by atoms with Crippen LogP contribution in [0.25, 0.3) is 0 Å². The number of hydrogen-bond acceptors (Lipinski definition) is 3. The molecule has 1 amide bonds. The number of nitrogens with one attached hydrogen (secondary N) is 1. The number of amides is 1. The predicted octanol–water partition coefficient (Wildman–Crippen LogP) is 2.12. The molecular formula is C10H14N2OS. The van der Waals surface area contributed by atoms with Crippen molar-refractivity contribution >= 4 is 22.2 Å².